The molecule has 1 atom stereocenters. The molecular weight excluding hydrogens is 116 g/mol. The number of aliphatic hydroxyl groups is 1. The fourth-order valence-electron chi connectivity index (χ4n) is 1.20. The molecule has 0 aromatic carbocycles. The van der Waals surface area contributed by atoms with Crippen molar-refractivity contribution in [1.29, 1.82) is 0 Å². The second-order valence-electron chi connectivity index (χ2n) is 3.25. The lowest BCUT2D eigenvalue weighted by atomic mass is 9.96. The Hall–Kier alpha value is -0.0800. The molecule has 0 spiro atoms. The first-order chi connectivity index (χ1) is 4.10. The first-order valence-electron chi connectivity index (χ1n) is 3.42. The van der Waals surface area contributed by atoms with Crippen LogP contribution in [0.1, 0.15) is 26.7 Å². The van der Waals surface area contributed by atoms with Crippen molar-refractivity contribution in [2.24, 2.45) is 0 Å². The van der Waals surface area contributed by atoms with E-state index < -0.39 is 0 Å². The molecule has 1 rings (SSSR count). The number of aliphatic hydroxyl groups excluding tert-OH is 1. The van der Waals surface area contributed by atoms with Crippen LogP contribution in [-0.4, -0.2) is 23.4 Å². The van der Waals surface area contributed by atoms with Gasteiger partial charge in [0.25, 0.3) is 0 Å². The molecule has 0 aliphatic carbocycles. The second-order valence-corrected chi connectivity index (χ2v) is 3.25. The van der Waals surface area contributed by atoms with Gasteiger partial charge < -0.3 is 9.84 Å². The smallest absolute Gasteiger partial charge is 0.0651 e. The molecule has 1 aliphatic heterocycles. The molecule has 0 saturated carbocycles. The summed E-state index contributed by atoms with van der Waals surface area (Å²) in [6.07, 6.45) is 1.42. The zero-order chi connectivity index (χ0) is 6.91. The fraction of sp³-hybridized carbons (Fsp3) is 1.00. The molecule has 0 bridgehead atoms. The van der Waals surface area contributed by atoms with Crippen LogP contribution in [-0.2, 0) is 4.74 Å². The molecule has 0 aromatic rings. The van der Waals surface area contributed by atoms with Crippen LogP contribution in [0.3, 0.4) is 0 Å². The predicted molar refractivity (Wildman–Crippen MR) is 35.3 cm³/mol. The van der Waals surface area contributed by atoms with Crippen molar-refractivity contribution < 1.29 is 9.84 Å². The van der Waals surface area contributed by atoms with Gasteiger partial charge in [-0.1, -0.05) is 0 Å². The summed E-state index contributed by atoms with van der Waals surface area (Å²) in [5.74, 6) is 0. The third kappa shape index (κ3) is 1.95. The third-order valence-corrected chi connectivity index (χ3v) is 1.67. The number of hydrogen-bond acceptors (Lipinski definition) is 2. The predicted octanol–water partition coefficient (Wildman–Crippen LogP) is 0.936. The van der Waals surface area contributed by atoms with Gasteiger partial charge in [-0.15, -0.1) is 0 Å². The van der Waals surface area contributed by atoms with Gasteiger partial charge in [0, 0.05) is 13.0 Å². The summed E-state index contributed by atoms with van der Waals surface area (Å²) in [6.45, 7) is 4.72. The molecule has 2 heteroatoms. The molecule has 1 aliphatic rings. The Bertz CT molecular complexity index is 99.1. The van der Waals surface area contributed by atoms with E-state index in [0.29, 0.717) is 6.61 Å². The summed E-state index contributed by atoms with van der Waals surface area (Å²) < 4.78 is 5.38. The fourth-order valence-corrected chi connectivity index (χ4v) is 1.20. The van der Waals surface area contributed by atoms with Crippen molar-refractivity contribution >= 4 is 0 Å². The van der Waals surface area contributed by atoms with Crippen LogP contribution >= 0.6 is 0 Å². The molecule has 2 nitrogen and oxygen atoms in total. The molecule has 0 unspecified atom stereocenters. The summed E-state index contributed by atoms with van der Waals surface area (Å²) >= 11 is 0. The van der Waals surface area contributed by atoms with Crippen molar-refractivity contribution in [2.75, 3.05) is 6.61 Å². The highest BCUT2D eigenvalue weighted by Gasteiger charge is 2.26. The van der Waals surface area contributed by atoms with Gasteiger partial charge in [-0.25, -0.2) is 0 Å². The van der Waals surface area contributed by atoms with Gasteiger partial charge in [0.05, 0.1) is 11.7 Å². The monoisotopic (exact) mass is 130 g/mol. The van der Waals surface area contributed by atoms with Crippen LogP contribution in [0, 0.1) is 0 Å². The lowest BCUT2D eigenvalue weighted by Gasteiger charge is -2.32. The van der Waals surface area contributed by atoms with E-state index in [0.717, 1.165) is 12.8 Å². The van der Waals surface area contributed by atoms with E-state index in [2.05, 4.69) is 0 Å². The van der Waals surface area contributed by atoms with Crippen LogP contribution < -0.4 is 0 Å². The van der Waals surface area contributed by atoms with Crippen LogP contribution in [0.5, 0.6) is 0 Å². The highest BCUT2D eigenvalue weighted by atomic mass is 16.5. The number of hydrogen-bond donors (Lipinski definition) is 1. The van der Waals surface area contributed by atoms with Crippen LogP contribution in [0.15, 0.2) is 0 Å². The number of rotatable bonds is 0. The van der Waals surface area contributed by atoms with Gasteiger partial charge in [-0.3, -0.25) is 0 Å². The van der Waals surface area contributed by atoms with Crippen LogP contribution in [0.4, 0.5) is 0 Å². The maximum Gasteiger partial charge on any atom is 0.0651 e. The normalized spacial score (nSPS) is 34.3. The van der Waals surface area contributed by atoms with Gasteiger partial charge in [0.15, 0.2) is 0 Å². The first kappa shape index (κ1) is 7.03. The number of ether oxygens (including phenoxy) is 1. The Morgan fingerprint density at radius 3 is 2.56 bits per heavy atom. The molecule has 1 saturated heterocycles. The average molecular weight is 130 g/mol. The minimum absolute atomic E-state index is 0.0995. The summed E-state index contributed by atoms with van der Waals surface area (Å²) in [4.78, 5) is 0. The van der Waals surface area contributed by atoms with Crippen molar-refractivity contribution in [3.8, 4) is 0 Å². The molecule has 1 heterocycles. The molecule has 1 fully saturated rings. The molecule has 9 heavy (non-hydrogen) atoms. The minimum Gasteiger partial charge on any atom is -0.393 e. The van der Waals surface area contributed by atoms with Crippen molar-refractivity contribution in [3.05, 3.63) is 0 Å². The Kier molecular flexibility index (Phi) is 1.78. The Labute approximate surface area is 55.8 Å². The van der Waals surface area contributed by atoms with E-state index in [9.17, 15) is 0 Å². The maximum absolute atomic E-state index is 9.16. The topological polar surface area (TPSA) is 29.5 Å². The first-order valence-corrected chi connectivity index (χ1v) is 3.42. The van der Waals surface area contributed by atoms with Crippen molar-refractivity contribution in [1.82, 2.24) is 0 Å². The van der Waals surface area contributed by atoms with Crippen LogP contribution in [0.2, 0.25) is 0 Å². The molecule has 54 valence electrons. The molecule has 0 aromatic heterocycles. The van der Waals surface area contributed by atoms with E-state index >= 15 is 0 Å². The van der Waals surface area contributed by atoms with E-state index in [1.165, 1.54) is 0 Å². The lowest BCUT2D eigenvalue weighted by molar-refractivity contribution is -0.0960. The van der Waals surface area contributed by atoms with Gasteiger partial charge in [-0.2, -0.15) is 0 Å². The highest BCUT2D eigenvalue weighted by molar-refractivity contribution is 4.77. The van der Waals surface area contributed by atoms with Crippen molar-refractivity contribution in [2.45, 2.75) is 38.4 Å². The zero-order valence-electron chi connectivity index (χ0n) is 6.05. The van der Waals surface area contributed by atoms with Gasteiger partial charge >= 0.3 is 0 Å². The molecular formula is C7H14O2. The van der Waals surface area contributed by atoms with Gasteiger partial charge in [0.2, 0.25) is 0 Å². The largest absolute Gasteiger partial charge is 0.393 e. The molecule has 1 N–H and O–H groups in total. The molecule has 0 amide bonds. The van der Waals surface area contributed by atoms with Crippen LogP contribution in [0.25, 0.3) is 0 Å². The summed E-state index contributed by atoms with van der Waals surface area (Å²) in [5, 5.41) is 9.16. The van der Waals surface area contributed by atoms with Gasteiger partial charge in [-0.05, 0) is 20.3 Å². The van der Waals surface area contributed by atoms with E-state index in [4.69, 9.17) is 9.84 Å². The SMILES string of the molecule is CC1(C)C[C@@H](O)CCO1. The highest BCUT2D eigenvalue weighted by Crippen LogP contribution is 2.23. The summed E-state index contributed by atoms with van der Waals surface area (Å²) in [5.41, 5.74) is -0.0995. The van der Waals surface area contributed by atoms with Gasteiger partial charge in [0.1, 0.15) is 0 Å². The standard InChI is InChI=1S/C7H14O2/c1-7(2)5-6(8)3-4-9-7/h6,8H,3-5H2,1-2H3/t6-/m0/s1. The quantitative estimate of drug-likeness (QED) is 0.528. The minimum atomic E-state index is -0.145. The average Bonchev–Trinajstić information content (AvgIpc) is 1.60. The van der Waals surface area contributed by atoms with Crippen molar-refractivity contribution in [3.63, 3.8) is 0 Å². The van der Waals surface area contributed by atoms with E-state index in [1.807, 2.05) is 13.8 Å². The summed E-state index contributed by atoms with van der Waals surface area (Å²) in [6, 6.07) is 0. The lowest BCUT2D eigenvalue weighted by Crippen LogP contribution is -2.36. The molecule has 0 radical (unpaired) electrons. The Balaban J connectivity index is 2.41. The zero-order valence-corrected chi connectivity index (χ0v) is 6.05. The third-order valence-electron chi connectivity index (χ3n) is 1.67. The maximum atomic E-state index is 9.16. The Morgan fingerprint density at radius 1 is 1.56 bits per heavy atom. The summed E-state index contributed by atoms with van der Waals surface area (Å²) in [7, 11) is 0. The van der Waals surface area contributed by atoms with E-state index in [1.54, 1.807) is 0 Å². The second kappa shape index (κ2) is 2.27. The van der Waals surface area contributed by atoms with E-state index in [-0.39, 0.29) is 11.7 Å². The Morgan fingerprint density at radius 2 is 2.22 bits per heavy atom.